The minimum Gasteiger partial charge on any atom is -0.386 e. The van der Waals surface area contributed by atoms with Gasteiger partial charge in [-0.1, -0.05) is 11.6 Å². The minimum absolute atomic E-state index is 0.512. The summed E-state index contributed by atoms with van der Waals surface area (Å²) in [5.41, 5.74) is 1.98. The third-order valence-electron chi connectivity index (χ3n) is 2.47. The van der Waals surface area contributed by atoms with Crippen molar-refractivity contribution in [2.24, 2.45) is 0 Å². The van der Waals surface area contributed by atoms with Crippen LogP contribution in [0.15, 0.2) is 12.3 Å². The Balaban J connectivity index is 2.14. The average Bonchev–Trinajstić information content (AvgIpc) is 2.85. The van der Waals surface area contributed by atoms with Crippen LogP contribution in [-0.4, -0.2) is 19.9 Å². The Bertz CT molecular complexity index is 509. The number of hydrogen-bond acceptors (Lipinski definition) is 4. The number of thiazole rings is 1. The molecule has 0 saturated heterocycles. The highest BCUT2D eigenvalue weighted by Crippen LogP contribution is 2.26. The molecule has 0 radical (unpaired) electrons. The Morgan fingerprint density at radius 1 is 1.59 bits per heavy atom. The van der Waals surface area contributed by atoms with E-state index >= 15 is 0 Å². The largest absolute Gasteiger partial charge is 0.386 e. The van der Waals surface area contributed by atoms with Gasteiger partial charge in [-0.05, 0) is 19.9 Å². The van der Waals surface area contributed by atoms with Gasteiger partial charge in [0.15, 0.2) is 0 Å². The Labute approximate surface area is 109 Å². The lowest BCUT2D eigenvalue weighted by Crippen LogP contribution is -2.08. The van der Waals surface area contributed by atoms with E-state index in [4.69, 9.17) is 11.6 Å². The first-order valence-corrected chi connectivity index (χ1v) is 6.62. The van der Waals surface area contributed by atoms with E-state index in [-0.39, 0.29) is 0 Å². The van der Waals surface area contributed by atoms with Crippen molar-refractivity contribution in [1.82, 2.24) is 14.8 Å². The van der Waals surface area contributed by atoms with Crippen LogP contribution in [-0.2, 0) is 13.0 Å². The first kappa shape index (κ1) is 12.5. The average molecular weight is 272 g/mol. The molecule has 0 amide bonds. The predicted molar refractivity (Wildman–Crippen MR) is 68.4 cm³/mol. The second-order valence-corrected chi connectivity index (χ2v) is 5.51. The zero-order valence-corrected chi connectivity index (χ0v) is 11.3. The molecule has 0 spiro atoms. The lowest BCUT2D eigenvalue weighted by molar-refractivity contribution is 0.175. The lowest BCUT2D eigenvalue weighted by atomic mass is 10.2. The van der Waals surface area contributed by atoms with Gasteiger partial charge in [0.2, 0.25) is 0 Å². The molecule has 0 aliphatic rings. The molecular weight excluding hydrogens is 258 g/mol. The van der Waals surface area contributed by atoms with Gasteiger partial charge in [-0.25, -0.2) is 4.98 Å². The van der Waals surface area contributed by atoms with Crippen molar-refractivity contribution in [3.63, 3.8) is 0 Å². The fourth-order valence-corrected chi connectivity index (χ4v) is 2.66. The Morgan fingerprint density at radius 2 is 2.35 bits per heavy atom. The van der Waals surface area contributed by atoms with Gasteiger partial charge >= 0.3 is 0 Å². The van der Waals surface area contributed by atoms with Crippen molar-refractivity contribution in [1.29, 1.82) is 0 Å². The van der Waals surface area contributed by atoms with E-state index in [1.54, 1.807) is 6.20 Å². The van der Waals surface area contributed by atoms with E-state index in [1.807, 2.05) is 24.6 Å². The molecule has 6 heteroatoms. The fourth-order valence-electron chi connectivity index (χ4n) is 1.74. The zero-order valence-electron chi connectivity index (χ0n) is 9.72. The summed E-state index contributed by atoms with van der Waals surface area (Å²) in [5.74, 6) is 0. The standard InChI is InChI=1S/C11H14ClN3OS/c1-3-15-8(4-7(2)14-15)5-9(16)11-13-6-10(12)17-11/h4,6,9,16H,3,5H2,1-2H3. The van der Waals surface area contributed by atoms with Crippen molar-refractivity contribution >= 4 is 22.9 Å². The molecule has 4 nitrogen and oxygen atoms in total. The summed E-state index contributed by atoms with van der Waals surface area (Å²) in [6.45, 7) is 4.78. The van der Waals surface area contributed by atoms with Crippen molar-refractivity contribution < 1.29 is 5.11 Å². The summed E-state index contributed by atoms with van der Waals surface area (Å²) >= 11 is 7.11. The molecule has 17 heavy (non-hydrogen) atoms. The highest BCUT2D eigenvalue weighted by atomic mass is 35.5. The maximum absolute atomic E-state index is 10.1. The predicted octanol–water partition coefficient (Wildman–Crippen LogP) is 2.60. The molecule has 1 unspecified atom stereocenters. The molecule has 0 saturated carbocycles. The van der Waals surface area contributed by atoms with Crippen molar-refractivity contribution in [2.75, 3.05) is 0 Å². The molecule has 1 N–H and O–H groups in total. The summed E-state index contributed by atoms with van der Waals surface area (Å²) < 4.78 is 2.49. The summed E-state index contributed by atoms with van der Waals surface area (Å²) in [7, 11) is 0. The van der Waals surface area contributed by atoms with E-state index in [2.05, 4.69) is 10.1 Å². The van der Waals surface area contributed by atoms with Crippen molar-refractivity contribution in [2.45, 2.75) is 32.9 Å². The highest BCUT2D eigenvalue weighted by Gasteiger charge is 2.15. The van der Waals surface area contributed by atoms with Crippen molar-refractivity contribution in [3.05, 3.63) is 33.0 Å². The Morgan fingerprint density at radius 3 is 2.94 bits per heavy atom. The summed E-state index contributed by atoms with van der Waals surface area (Å²) in [6.07, 6.45) is 1.46. The molecule has 2 heterocycles. The second-order valence-electron chi connectivity index (χ2n) is 3.82. The molecular formula is C11H14ClN3OS. The quantitative estimate of drug-likeness (QED) is 0.930. The number of nitrogens with zero attached hydrogens (tertiary/aromatic N) is 3. The SMILES string of the molecule is CCn1nc(C)cc1CC(O)c1ncc(Cl)s1. The van der Waals surface area contributed by atoms with Gasteiger partial charge in [-0.2, -0.15) is 5.10 Å². The van der Waals surface area contributed by atoms with Crippen LogP contribution in [0.2, 0.25) is 4.34 Å². The van der Waals surface area contributed by atoms with Gasteiger partial charge in [-0.15, -0.1) is 11.3 Å². The van der Waals surface area contributed by atoms with E-state index in [0.717, 1.165) is 17.9 Å². The number of aromatic nitrogens is 3. The number of rotatable bonds is 4. The van der Waals surface area contributed by atoms with Crippen LogP contribution in [0.4, 0.5) is 0 Å². The van der Waals surface area contributed by atoms with Gasteiger partial charge in [0, 0.05) is 18.7 Å². The summed E-state index contributed by atoms with van der Waals surface area (Å²) in [6, 6.07) is 1.99. The Kier molecular flexibility index (Phi) is 3.81. The molecule has 0 fully saturated rings. The third kappa shape index (κ3) is 2.86. The summed E-state index contributed by atoms with van der Waals surface area (Å²) in [5, 5.41) is 15.1. The van der Waals surface area contributed by atoms with Gasteiger partial charge in [0.1, 0.15) is 15.4 Å². The van der Waals surface area contributed by atoms with Crippen LogP contribution in [0.5, 0.6) is 0 Å². The minimum atomic E-state index is -0.617. The van der Waals surface area contributed by atoms with Crippen LogP contribution in [0.1, 0.15) is 29.4 Å². The van der Waals surface area contributed by atoms with Gasteiger partial charge in [-0.3, -0.25) is 4.68 Å². The molecule has 0 aromatic carbocycles. The van der Waals surface area contributed by atoms with Gasteiger partial charge in [0.05, 0.1) is 11.9 Å². The second kappa shape index (κ2) is 5.16. The molecule has 2 aromatic heterocycles. The number of aliphatic hydroxyl groups excluding tert-OH is 1. The van der Waals surface area contributed by atoms with Crippen LogP contribution >= 0.6 is 22.9 Å². The smallest absolute Gasteiger partial charge is 0.123 e. The molecule has 0 aliphatic carbocycles. The van der Waals surface area contributed by atoms with Crippen LogP contribution in [0.3, 0.4) is 0 Å². The summed E-state index contributed by atoms with van der Waals surface area (Å²) in [4.78, 5) is 4.08. The number of halogens is 1. The Hall–Kier alpha value is -0.910. The van der Waals surface area contributed by atoms with E-state index in [0.29, 0.717) is 15.8 Å². The molecule has 0 bridgehead atoms. The van der Waals surface area contributed by atoms with Crippen LogP contribution < -0.4 is 0 Å². The molecule has 2 rings (SSSR count). The topological polar surface area (TPSA) is 50.9 Å². The zero-order chi connectivity index (χ0) is 12.4. The van der Waals surface area contributed by atoms with E-state index in [9.17, 15) is 5.11 Å². The highest BCUT2D eigenvalue weighted by molar-refractivity contribution is 7.15. The van der Waals surface area contributed by atoms with Crippen LogP contribution in [0, 0.1) is 6.92 Å². The fraction of sp³-hybridized carbons (Fsp3) is 0.455. The van der Waals surface area contributed by atoms with Crippen LogP contribution in [0.25, 0.3) is 0 Å². The molecule has 1 atom stereocenters. The van der Waals surface area contributed by atoms with E-state index in [1.165, 1.54) is 11.3 Å². The normalized spacial score (nSPS) is 12.9. The number of aliphatic hydroxyl groups is 1. The maximum atomic E-state index is 10.1. The first-order valence-electron chi connectivity index (χ1n) is 5.42. The van der Waals surface area contributed by atoms with Crippen molar-refractivity contribution in [3.8, 4) is 0 Å². The molecule has 2 aromatic rings. The third-order valence-corrected chi connectivity index (χ3v) is 3.68. The van der Waals surface area contributed by atoms with Gasteiger partial charge in [0.25, 0.3) is 0 Å². The lowest BCUT2D eigenvalue weighted by Gasteiger charge is -2.08. The number of hydrogen-bond donors (Lipinski definition) is 1. The maximum Gasteiger partial charge on any atom is 0.123 e. The molecule has 0 aliphatic heterocycles. The van der Waals surface area contributed by atoms with E-state index < -0.39 is 6.10 Å². The first-order chi connectivity index (χ1) is 8.10. The van der Waals surface area contributed by atoms with Gasteiger partial charge < -0.3 is 5.11 Å². The molecule has 92 valence electrons. The monoisotopic (exact) mass is 271 g/mol. The number of aryl methyl sites for hydroxylation is 2.